The van der Waals surface area contributed by atoms with Gasteiger partial charge in [-0.25, -0.2) is 0 Å². The molecule has 0 bridgehead atoms. The monoisotopic (exact) mass is 255 g/mol. The molecule has 5 nitrogen and oxygen atoms in total. The smallest absolute Gasteiger partial charge is 0.242 e. The van der Waals surface area contributed by atoms with E-state index in [-0.39, 0.29) is 5.60 Å². The molecule has 1 rings (SSSR count). The van der Waals surface area contributed by atoms with E-state index in [4.69, 9.17) is 9.15 Å². The number of nitrogens with one attached hydrogen (secondary N) is 1. The van der Waals surface area contributed by atoms with Crippen LogP contribution >= 0.6 is 0 Å². The molecule has 0 radical (unpaired) electrons. The lowest BCUT2D eigenvalue weighted by atomic mass is 10.2. The molecule has 1 aromatic rings. The quantitative estimate of drug-likeness (QED) is 0.758. The predicted molar refractivity (Wildman–Crippen MR) is 70.3 cm³/mol. The zero-order valence-electron chi connectivity index (χ0n) is 12.1. The minimum atomic E-state index is -0.185. The number of ether oxygens (including phenoxy) is 1. The lowest BCUT2D eigenvalue weighted by Crippen LogP contribution is -2.23. The molecular weight excluding hydrogens is 230 g/mol. The van der Waals surface area contributed by atoms with Crippen molar-refractivity contribution in [2.24, 2.45) is 0 Å². The fraction of sp³-hybridized carbons (Fsp3) is 0.846. The van der Waals surface area contributed by atoms with Gasteiger partial charge in [-0.2, -0.15) is 0 Å². The van der Waals surface area contributed by atoms with E-state index in [0.717, 1.165) is 19.4 Å². The molecule has 0 aromatic carbocycles. The van der Waals surface area contributed by atoms with Gasteiger partial charge in [0, 0.05) is 12.5 Å². The molecule has 0 aliphatic heterocycles. The Bertz CT molecular complexity index is 342. The molecule has 1 heterocycles. The molecule has 0 unspecified atom stereocenters. The van der Waals surface area contributed by atoms with Crippen LogP contribution in [0.5, 0.6) is 0 Å². The van der Waals surface area contributed by atoms with Gasteiger partial charge in [0.1, 0.15) is 6.61 Å². The second-order valence-corrected chi connectivity index (χ2v) is 5.70. The van der Waals surface area contributed by atoms with Crippen LogP contribution in [0.1, 0.15) is 52.8 Å². The summed E-state index contributed by atoms with van der Waals surface area (Å²) < 4.78 is 11.1. The molecule has 0 amide bonds. The standard InChI is InChI=1S/C13H25N3O2/c1-10(2)14-8-6-7-11-15-16-12(18-11)9-17-13(3,4)5/h10,14H,6-9H2,1-5H3. The van der Waals surface area contributed by atoms with Crippen molar-refractivity contribution in [2.45, 2.75) is 65.7 Å². The maximum Gasteiger partial charge on any atom is 0.242 e. The molecule has 0 fully saturated rings. The van der Waals surface area contributed by atoms with E-state index >= 15 is 0 Å². The number of rotatable bonds is 7. The number of aromatic nitrogens is 2. The predicted octanol–water partition coefficient (Wildman–Crippen LogP) is 2.32. The highest BCUT2D eigenvalue weighted by atomic mass is 16.5. The highest BCUT2D eigenvalue weighted by Crippen LogP contribution is 2.11. The Balaban J connectivity index is 2.26. The van der Waals surface area contributed by atoms with Crippen molar-refractivity contribution >= 4 is 0 Å². The van der Waals surface area contributed by atoms with Crippen LogP contribution < -0.4 is 5.32 Å². The minimum Gasteiger partial charge on any atom is -0.423 e. The average molecular weight is 255 g/mol. The van der Waals surface area contributed by atoms with Crippen LogP contribution in [-0.2, 0) is 17.8 Å². The Kier molecular flexibility index (Phi) is 5.75. The molecular formula is C13H25N3O2. The van der Waals surface area contributed by atoms with Crippen molar-refractivity contribution < 1.29 is 9.15 Å². The summed E-state index contributed by atoms with van der Waals surface area (Å²) in [6.45, 7) is 11.6. The SMILES string of the molecule is CC(C)NCCCc1nnc(COC(C)(C)C)o1. The van der Waals surface area contributed by atoms with Gasteiger partial charge in [-0.3, -0.25) is 0 Å². The Hall–Kier alpha value is -0.940. The van der Waals surface area contributed by atoms with Gasteiger partial charge in [0.2, 0.25) is 11.8 Å². The number of hydrogen-bond donors (Lipinski definition) is 1. The molecule has 0 aliphatic carbocycles. The summed E-state index contributed by atoms with van der Waals surface area (Å²) in [7, 11) is 0. The maximum absolute atomic E-state index is 5.58. The van der Waals surface area contributed by atoms with Gasteiger partial charge < -0.3 is 14.5 Å². The molecule has 0 saturated heterocycles. The molecule has 104 valence electrons. The van der Waals surface area contributed by atoms with E-state index in [1.165, 1.54) is 0 Å². The third-order valence-corrected chi connectivity index (χ3v) is 2.26. The van der Waals surface area contributed by atoms with Gasteiger partial charge >= 0.3 is 0 Å². The van der Waals surface area contributed by atoms with E-state index < -0.39 is 0 Å². The molecule has 0 aliphatic rings. The minimum absolute atomic E-state index is 0.185. The van der Waals surface area contributed by atoms with E-state index in [1.54, 1.807) is 0 Å². The second-order valence-electron chi connectivity index (χ2n) is 5.70. The highest BCUT2D eigenvalue weighted by Gasteiger charge is 2.13. The largest absolute Gasteiger partial charge is 0.423 e. The van der Waals surface area contributed by atoms with Crippen LogP contribution in [-0.4, -0.2) is 28.4 Å². The van der Waals surface area contributed by atoms with Crippen molar-refractivity contribution in [1.29, 1.82) is 0 Å². The van der Waals surface area contributed by atoms with Gasteiger partial charge in [0.05, 0.1) is 5.60 Å². The Labute approximate surface area is 109 Å². The Morgan fingerprint density at radius 3 is 2.50 bits per heavy atom. The van der Waals surface area contributed by atoms with E-state index in [0.29, 0.717) is 24.4 Å². The fourth-order valence-electron chi connectivity index (χ4n) is 1.36. The van der Waals surface area contributed by atoms with Crippen molar-refractivity contribution in [3.8, 4) is 0 Å². The molecule has 0 spiro atoms. The van der Waals surface area contributed by atoms with Gasteiger partial charge in [0.15, 0.2) is 0 Å². The van der Waals surface area contributed by atoms with Gasteiger partial charge in [-0.05, 0) is 33.7 Å². The zero-order valence-corrected chi connectivity index (χ0v) is 12.1. The van der Waals surface area contributed by atoms with Crippen LogP contribution in [0.15, 0.2) is 4.42 Å². The van der Waals surface area contributed by atoms with Crippen LogP contribution in [0, 0.1) is 0 Å². The summed E-state index contributed by atoms with van der Waals surface area (Å²) in [5, 5.41) is 11.3. The lowest BCUT2D eigenvalue weighted by Gasteiger charge is -2.17. The summed E-state index contributed by atoms with van der Waals surface area (Å²) in [4.78, 5) is 0. The van der Waals surface area contributed by atoms with Crippen LogP contribution in [0.4, 0.5) is 0 Å². The zero-order chi connectivity index (χ0) is 13.6. The van der Waals surface area contributed by atoms with Crippen molar-refractivity contribution in [3.63, 3.8) is 0 Å². The first-order valence-electron chi connectivity index (χ1n) is 6.55. The molecule has 0 saturated carbocycles. The topological polar surface area (TPSA) is 60.2 Å². The van der Waals surface area contributed by atoms with Crippen LogP contribution in [0.25, 0.3) is 0 Å². The molecule has 0 atom stereocenters. The second kappa shape index (κ2) is 6.85. The first-order valence-corrected chi connectivity index (χ1v) is 6.55. The lowest BCUT2D eigenvalue weighted by molar-refractivity contribution is -0.0247. The van der Waals surface area contributed by atoms with Crippen molar-refractivity contribution in [3.05, 3.63) is 11.8 Å². The van der Waals surface area contributed by atoms with Gasteiger partial charge in [-0.1, -0.05) is 13.8 Å². The van der Waals surface area contributed by atoms with Crippen molar-refractivity contribution in [2.75, 3.05) is 6.54 Å². The van der Waals surface area contributed by atoms with Crippen molar-refractivity contribution in [1.82, 2.24) is 15.5 Å². The summed E-state index contributed by atoms with van der Waals surface area (Å²) in [5.74, 6) is 1.24. The Morgan fingerprint density at radius 1 is 1.22 bits per heavy atom. The Morgan fingerprint density at radius 2 is 1.89 bits per heavy atom. The number of nitrogens with zero attached hydrogens (tertiary/aromatic N) is 2. The van der Waals surface area contributed by atoms with Gasteiger partial charge in [0.25, 0.3) is 0 Å². The third kappa shape index (κ3) is 6.71. The molecule has 18 heavy (non-hydrogen) atoms. The summed E-state index contributed by atoms with van der Waals surface area (Å²) in [6, 6.07) is 0.517. The van der Waals surface area contributed by atoms with E-state index in [9.17, 15) is 0 Å². The van der Waals surface area contributed by atoms with E-state index in [2.05, 4.69) is 29.4 Å². The number of aryl methyl sites for hydroxylation is 1. The maximum atomic E-state index is 5.58. The normalized spacial score (nSPS) is 12.3. The average Bonchev–Trinajstić information content (AvgIpc) is 2.68. The number of hydrogen-bond acceptors (Lipinski definition) is 5. The molecule has 1 aromatic heterocycles. The summed E-state index contributed by atoms with van der Waals surface area (Å²) in [5.41, 5.74) is -0.185. The summed E-state index contributed by atoms with van der Waals surface area (Å²) >= 11 is 0. The fourth-order valence-corrected chi connectivity index (χ4v) is 1.36. The summed E-state index contributed by atoms with van der Waals surface area (Å²) in [6.07, 6.45) is 1.81. The van der Waals surface area contributed by atoms with Crippen LogP contribution in [0.2, 0.25) is 0 Å². The first-order chi connectivity index (χ1) is 8.37. The first kappa shape index (κ1) is 15.1. The third-order valence-electron chi connectivity index (χ3n) is 2.26. The molecule has 1 N–H and O–H groups in total. The van der Waals surface area contributed by atoms with E-state index in [1.807, 2.05) is 20.8 Å². The van der Waals surface area contributed by atoms with Crippen LogP contribution in [0.3, 0.4) is 0 Å². The molecule has 5 heteroatoms. The highest BCUT2D eigenvalue weighted by molar-refractivity contribution is 4.81. The van der Waals surface area contributed by atoms with Gasteiger partial charge in [-0.15, -0.1) is 10.2 Å².